The van der Waals surface area contributed by atoms with E-state index in [4.69, 9.17) is 5.73 Å². The zero-order valence-corrected chi connectivity index (χ0v) is 5.53. The highest BCUT2D eigenvalue weighted by molar-refractivity contribution is 14.1. The monoisotopic (exact) mass is 210 g/mol. The minimum Gasteiger partial charge on any atom is -0.367 e. The second-order valence-electron chi connectivity index (χ2n) is 0.978. The largest absolute Gasteiger partial charge is 0.367 e. The maximum absolute atomic E-state index is 5.22. The molecule has 0 fully saturated rings. The molecule has 5 heteroatoms. The van der Waals surface area contributed by atoms with Crippen molar-refractivity contribution >= 4 is 28.8 Å². The molecule has 0 aliphatic rings. The lowest BCUT2D eigenvalue weighted by Gasteiger charge is -1.81. The van der Waals surface area contributed by atoms with Crippen LogP contribution in [-0.2, 0) is 0 Å². The van der Waals surface area contributed by atoms with Crippen LogP contribution in [0.1, 0.15) is 0 Å². The molecule has 0 saturated heterocycles. The van der Waals surface area contributed by atoms with E-state index in [-0.39, 0.29) is 0 Å². The van der Waals surface area contributed by atoms with E-state index in [2.05, 4.69) is 10.1 Å². The van der Waals surface area contributed by atoms with Crippen LogP contribution in [0, 0.1) is 0 Å². The van der Waals surface area contributed by atoms with E-state index in [1.165, 1.54) is 9.22 Å². The summed E-state index contributed by atoms with van der Waals surface area (Å²) < 4.78 is 1.47. The van der Waals surface area contributed by atoms with Gasteiger partial charge in [0.2, 0.25) is 5.95 Å². The summed E-state index contributed by atoms with van der Waals surface area (Å²) in [6.07, 6.45) is 1.40. The van der Waals surface area contributed by atoms with Crippen LogP contribution in [-0.4, -0.2) is 13.0 Å². The van der Waals surface area contributed by atoms with E-state index in [0.717, 1.165) is 0 Å². The highest BCUT2D eigenvalue weighted by Crippen LogP contribution is 1.96. The van der Waals surface area contributed by atoms with Gasteiger partial charge in [0.1, 0.15) is 6.33 Å². The number of nitrogens with zero attached hydrogens (tertiary/aromatic N) is 3. The van der Waals surface area contributed by atoms with Crippen LogP contribution < -0.4 is 5.73 Å². The molecule has 0 amide bonds. The van der Waals surface area contributed by atoms with E-state index in [9.17, 15) is 0 Å². The Bertz CT molecular complexity index is 142. The average Bonchev–Trinajstić information content (AvgIpc) is 1.91. The molecule has 2 N–H and O–H groups in total. The lowest BCUT2D eigenvalue weighted by molar-refractivity contribution is 1.06. The van der Waals surface area contributed by atoms with E-state index in [1.807, 2.05) is 22.9 Å². The van der Waals surface area contributed by atoms with E-state index in [0.29, 0.717) is 5.95 Å². The summed E-state index contributed by atoms with van der Waals surface area (Å²) in [5.41, 5.74) is 5.22. The number of nitrogens with two attached hydrogens (primary N) is 1. The van der Waals surface area contributed by atoms with Gasteiger partial charge in [0.15, 0.2) is 0 Å². The quantitative estimate of drug-likeness (QED) is 0.616. The predicted octanol–water partition coefficient (Wildman–Crippen LogP) is 0.0584. The smallest absolute Gasteiger partial charge is 0.228 e. The molecule has 0 radical (unpaired) electrons. The summed E-state index contributed by atoms with van der Waals surface area (Å²) >= 11 is 1.94. The lowest BCUT2D eigenvalue weighted by Crippen LogP contribution is -1.91. The summed E-state index contributed by atoms with van der Waals surface area (Å²) in [6, 6.07) is 0. The number of hydrogen-bond donors (Lipinski definition) is 1. The molecule has 0 aliphatic heterocycles. The van der Waals surface area contributed by atoms with Crippen molar-refractivity contribution in [2.24, 2.45) is 0 Å². The third-order valence-corrected chi connectivity index (χ3v) is 1.28. The minimum absolute atomic E-state index is 0.431. The predicted molar refractivity (Wildman–Crippen MR) is 33.9 cm³/mol. The summed E-state index contributed by atoms with van der Waals surface area (Å²) in [4.78, 5) is 3.64. The normalized spacial score (nSPS) is 9.29. The van der Waals surface area contributed by atoms with E-state index in [1.54, 1.807) is 0 Å². The fourth-order valence-corrected chi connectivity index (χ4v) is 0.473. The maximum Gasteiger partial charge on any atom is 0.228 e. The average molecular weight is 210 g/mol. The third-order valence-electron chi connectivity index (χ3n) is 0.532. The molecular formula is C2H3IN4. The minimum atomic E-state index is 0.431. The molecule has 0 bridgehead atoms. The first-order chi connectivity index (χ1) is 3.30. The van der Waals surface area contributed by atoms with Crippen molar-refractivity contribution in [3.8, 4) is 0 Å². The first-order valence-electron chi connectivity index (χ1n) is 1.62. The number of anilines is 1. The van der Waals surface area contributed by atoms with Gasteiger partial charge in [-0.05, 0) is 0 Å². The van der Waals surface area contributed by atoms with Crippen molar-refractivity contribution in [1.29, 1.82) is 0 Å². The highest BCUT2D eigenvalue weighted by atomic mass is 127. The van der Waals surface area contributed by atoms with Gasteiger partial charge in [0.25, 0.3) is 0 Å². The summed E-state index contributed by atoms with van der Waals surface area (Å²) in [5.74, 6) is 0.431. The Kier molecular flexibility index (Phi) is 1.13. The van der Waals surface area contributed by atoms with Crippen LogP contribution in [0.4, 0.5) is 5.95 Å². The Morgan fingerprint density at radius 1 is 1.86 bits per heavy atom. The fraction of sp³-hybridized carbons (Fsp3) is 0. The molecule has 0 atom stereocenters. The summed E-state index contributed by atoms with van der Waals surface area (Å²) in [5, 5.41) is 3.68. The molecule has 0 aromatic carbocycles. The van der Waals surface area contributed by atoms with Crippen LogP contribution in [0.2, 0.25) is 0 Å². The van der Waals surface area contributed by atoms with Crippen LogP contribution in [0.25, 0.3) is 0 Å². The zero-order valence-electron chi connectivity index (χ0n) is 3.37. The van der Waals surface area contributed by atoms with Gasteiger partial charge in [-0.3, -0.25) is 0 Å². The van der Waals surface area contributed by atoms with Gasteiger partial charge in [-0.15, -0.1) is 5.10 Å². The molecule has 0 unspecified atom stereocenters. The first kappa shape index (κ1) is 4.82. The van der Waals surface area contributed by atoms with Gasteiger partial charge in [-0.1, -0.05) is 0 Å². The second-order valence-corrected chi connectivity index (χ2v) is 1.89. The lowest BCUT2D eigenvalue weighted by atomic mass is 11.1. The Labute approximate surface area is 54.2 Å². The van der Waals surface area contributed by atoms with Crippen molar-refractivity contribution in [3.05, 3.63) is 6.33 Å². The van der Waals surface area contributed by atoms with Gasteiger partial charge in [-0.2, -0.15) is 7.88 Å². The van der Waals surface area contributed by atoms with Crippen molar-refractivity contribution in [2.75, 3.05) is 5.73 Å². The van der Waals surface area contributed by atoms with Crippen molar-refractivity contribution in [3.63, 3.8) is 0 Å². The number of halogens is 1. The SMILES string of the molecule is Nc1ncnn1I. The highest BCUT2D eigenvalue weighted by Gasteiger charge is 1.88. The maximum atomic E-state index is 5.22. The molecule has 1 aromatic rings. The molecule has 4 nitrogen and oxygen atoms in total. The molecule has 38 valence electrons. The molecule has 0 saturated carbocycles. The molecular weight excluding hydrogens is 207 g/mol. The molecule has 7 heavy (non-hydrogen) atoms. The topological polar surface area (TPSA) is 56.7 Å². The van der Waals surface area contributed by atoms with Crippen LogP contribution in [0.3, 0.4) is 0 Å². The van der Waals surface area contributed by atoms with Gasteiger partial charge < -0.3 is 5.73 Å². The van der Waals surface area contributed by atoms with Crippen LogP contribution in [0.15, 0.2) is 6.33 Å². The summed E-state index contributed by atoms with van der Waals surface area (Å²) in [7, 11) is 0. The van der Waals surface area contributed by atoms with Gasteiger partial charge in [-0.25, -0.2) is 0 Å². The molecule has 0 spiro atoms. The molecule has 1 heterocycles. The number of aromatic nitrogens is 3. The Hall–Kier alpha value is -0.330. The van der Waals surface area contributed by atoms with Gasteiger partial charge >= 0.3 is 0 Å². The van der Waals surface area contributed by atoms with Crippen LogP contribution in [0.5, 0.6) is 0 Å². The molecule has 0 aliphatic carbocycles. The van der Waals surface area contributed by atoms with Gasteiger partial charge in [0, 0.05) is 0 Å². The van der Waals surface area contributed by atoms with E-state index < -0.39 is 0 Å². The van der Waals surface area contributed by atoms with Crippen LogP contribution >= 0.6 is 22.9 Å². The number of nitrogen functional groups attached to an aromatic ring is 1. The van der Waals surface area contributed by atoms with Crippen molar-refractivity contribution in [1.82, 2.24) is 13.0 Å². The Morgan fingerprint density at radius 2 is 2.57 bits per heavy atom. The molecule has 1 aromatic heterocycles. The van der Waals surface area contributed by atoms with Crippen molar-refractivity contribution < 1.29 is 0 Å². The Morgan fingerprint density at radius 3 is 2.71 bits per heavy atom. The van der Waals surface area contributed by atoms with Gasteiger partial charge in [0.05, 0.1) is 22.9 Å². The number of rotatable bonds is 0. The molecule has 1 rings (SSSR count). The summed E-state index contributed by atoms with van der Waals surface area (Å²) in [6.45, 7) is 0. The zero-order chi connectivity index (χ0) is 5.28. The number of hydrogen-bond acceptors (Lipinski definition) is 3. The second kappa shape index (κ2) is 1.65. The van der Waals surface area contributed by atoms with Crippen molar-refractivity contribution in [2.45, 2.75) is 0 Å². The fourth-order valence-electron chi connectivity index (χ4n) is 0.237. The standard InChI is InChI=1S/C2H3IN4/c3-7-2(4)5-1-6-7/h1H,(H2,4,5,6). The Balaban J connectivity index is 3.12. The third kappa shape index (κ3) is 0.817. The van der Waals surface area contributed by atoms with E-state index >= 15 is 0 Å². The first-order valence-corrected chi connectivity index (χ1v) is 2.59.